The number of ketones is 1. The molecule has 0 saturated carbocycles. The minimum atomic E-state index is 0.119. The van der Waals surface area contributed by atoms with Gasteiger partial charge in [0.25, 0.3) is 0 Å². The first kappa shape index (κ1) is 12.4. The molecule has 2 rings (SSSR count). The second kappa shape index (κ2) is 5.54. The number of benzene rings is 1. The Morgan fingerprint density at radius 2 is 2.00 bits per heavy atom. The fourth-order valence-corrected chi connectivity index (χ4v) is 1.89. The Bertz CT molecular complexity index is 535. The Morgan fingerprint density at radius 1 is 1.28 bits per heavy atom. The molecule has 0 radical (unpaired) electrons. The summed E-state index contributed by atoms with van der Waals surface area (Å²) >= 11 is 0. The summed E-state index contributed by atoms with van der Waals surface area (Å²) in [5.41, 5.74) is 1.82. The summed E-state index contributed by atoms with van der Waals surface area (Å²) in [4.78, 5) is 16.3. The Kier molecular flexibility index (Phi) is 3.82. The highest BCUT2D eigenvalue weighted by molar-refractivity contribution is 5.94. The summed E-state index contributed by atoms with van der Waals surface area (Å²) in [6.07, 6.45) is 5.39. The molecule has 0 bridgehead atoms. The minimum Gasteiger partial charge on any atom is -0.287 e. The van der Waals surface area contributed by atoms with E-state index in [1.165, 1.54) is 0 Å². The molecule has 0 aliphatic heterocycles. The normalized spacial score (nSPS) is 10.6. The van der Waals surface area contributed by atoms with E-state index in [1.54, 1.807) is 6.20 Å². The van der Waals surface area contributed by atoms with Crippen molar-refractivity contribution in [2.45, 2.75) is 26.3 Å². The highest BCUT2D eigenvalue weighted by Crippen LogP contribution is 2.07. The number of hydrogen-bond donors (Lipinski definition) is 0. The van der Waals surface area contributed by atoms with Gasteiger partial charge >= 0.3 is 0 Å². The molecular formula is C15H17N2O+. The van der Waals surface area contributed by atoms with Crippen molar-refractivity contribution in [3.8, 4) is 0 Å². The van der Waals surface area contributed by atoms with Gasteiger partial charge in [-0.2, -0.15) is 4.57 Å². The topological polar surface area (TPSA) is 33.8 Å². The van der Waals surface area contributed by atoms with E-state index in [2.05, 4.69) is 18.8 Å². The Balaban J connectivity index is 2.22. The molecule has 18 heavy (non-hydrogen) atoms. The molecule has 1 aromatic carbocycles. The SMILES string of the molecule is CC(C)c1cncc[n+]1CC(=O)c1ccccc1. The number of aromatic nitrogens is 2. The van der Waals surface area contributed by atoms with Crippen molar-refractivity contribution in [3.63, 3.8) is 0 Å². The van der Waals surface area contributed by atoms with Crippen LogP contribution >= 0.6 is 0 Å². The zero-order chi connectivity index (χ0) is 13.0. The number of Topliss-reactive ketones (excluding diaryl/α,β-unsaturated/α-hetero) is 1. The van der Waals surface area contributed by atoms with Crippen molar-refractivity contribution < 1.29 is 9.36 Å². The standard InChI is InChI=1S/C15H17N2O/c1-12(2)14-10-16-8-9-17(14)11-15(18)13-6-4-3-5-7-13/h3-10,12H,11H2,1-2H3/q+1. The van der Waals surface area contributed by atoms with Gasteiger partial charge in [-0.15, -0.1) is 0 Å². The van der Waals surface area contributed by atoms with Gasteiger partial charge in [-0.3, -0.25) is 9.78 Å². The number of nitrogens with zero attached hydrogens (tertiary/aromatic N) is 2. The summed E-state index contributed by atoms with van der Waals surface area (Å²) in [6, 6.07) is 9.37. The maximum Gasteiger partial charge on any atom is 0.227 e. The van der Waals surface area contributed by atoms with E-state index in [9.17, 15) is 4.79 Å². The third kappa shape index (κ3) is 2.80. The van der Waals surface area contributed by atoms with Crippen molar-refractivity contribution in [3.05, 3.63) is 60.2 Å². The smallest absolute Gasteiger partial charge is 0.227 e. The molecule has 0 aliphatic rings. The molecule has 0 spiro atoms. The lowest BCUT2D eigenvalue weighted by atomic mass is 10.1. The van der Waals surface area contributed by atoms with E-state index in [4.69, 9.17) is 0 Å². The van der Waals surface area contributed by atoms with E-state index >= 15 is 0 Å². The van der Waals surface area contributed by atoms with E-state index in [-0.39, 0.29) is 5.78 Å². The van der Waals surface area contributed by atoms with Gasteiger partial charge in [0.1, 0.15) is 0 Å². The molecule has 0 saturated heterocycles. The molecule has 0 fully saturated rings. The predicted octanol–water partition coefficient (Wildman–Crippen LogP) is 2.38. The number of rotatable bonds is 4. The minimum absolute atomic E-state index is 0.119. The lowest BCUT2D eigenvalue weighted by molar-refractivity contribution is -0.692. The molecule has 3 heteroatoms. The third-order valence-corrected chi connectivity index (χ3v) is 2.87. The molecule has 3 nitrogen and oxygen atoms in total. The van der Waals surface area contributed by atoms with Crippen LogP contribution in [0.5, 0.6) is 0 Å². The lowest BCUT2D eigenvalue weighted by Crippen LogP contribution is -2.42. The first-order valence-electron chi connectivity index (χ1n) is 6.10. The largest absolute Gasteiger partial charge is 0.287 e. The van der Waals surface area contributed by atoms with Crippen LogP contribution < -0.4 is 4.57 Å². The molecule has 0 unspecified atom stereocenters. The van der Waals surface area contributed by atoms with E-state index < -0.39 is 0 Å². The van der Waals surface area contributed by atoms with Gasteiger partial charge < -0.3 is 0 Å². The first-order chi connectivity index (χ1) is 8.68. The van der Waals surface area contributed by atoms with Crippen LogP contribution in [0.4, 0.5) is 0 Å². The van der Waals surface area contributed by atoms with Crippen molar-refractivity contribution in [2.75, 3.05) is 0 Å². The van der Waals surface area contributed by atoms with Crippen LogP contribution in [-0.2, 0) is 6.54 Å². The highest BCUT2D eigenvalue weighted by atomic mass is 16.1. The fourth-order valence-electron chi connectivity index (χ4n) is 1.89. The summed E-state index contributed by atoms with van der Waals surface area (Å²) in [5, 5.41) is 0. The molecule has 1 heterocycles. The number of carbonyl (C=O) groups is 1. The van der Waals surface area contributed by atoms with E-state index in [1.807, 2.05) is 47.3 Å². The molecule has 0 N–H and O–H groups in total. The maximum absolute atomic E-state index is 12.1. The van der Waals surface area contributed by atoms with Gasteiger partial charge in [0.2, 0.25) is 18.0 Å². The van der Waals surface area contributed by atoms with Crippen LogP contribution in [0.3, 0.4) is 0 Å². The zero-order valence-corrected chi connectivity index (χ0v) is 10.7. The molecule has 0 aliphatic carbocycles. The first-order valence-corrected chi connectivity index (χ1v) is 6.10. The quantitative estimate of drug-likeness (QED) is 0.608. The predicted molar refractivity (Wildman–Crippen MR) is 69.3 cm³/mol. The fraction of sp³-hybridized carbons (Fsp3) is 0.267. The summed E-state index contributed by atoms with van der Waals surface area (Å²) in [7, 11) is 0. The maximum atomic E-state index is 12.1. The lowest BCUT2D eigenvalue weighted by Gasteiger charge is -2.05. The molecular weight excluding hydrogens is 224 g/mol. The van der Waals surface area contributed by atoms with Gasteiger partial charge in [0.05, 0.1) is 12.4 Å². The summed E-state index contributed by atoms with van der Waals surface area (Å²) in [5.74, 6) is 0.468. The average molecular weight is 241 g/mol. The van der Waals surface area contributed by atoms with E-state index in [0.29, 0.717) is 12.5 Å². The molecule has 0 atom stereocenters. The second-order valence-electron chi connectivity index (χ2n) is 4.57. The Morgan fingerprint density at radius 3 is 2.67 bits per heavy atom. The zero-order valence-electron chi connectivity index (χ0n) is 10.7. The number of carbonyl (C=O) groups excluding carboxylic acids is 1. The van der Waals surface area contributed by atoms with Crippen molar-refractivity contribution in [1.29, 1.82) is 0 Å². The van der Waals surface area contributed by atoms with Crippen LogP contribution in [0, 0.1) is 0 Å². The van der Waals surface area contributed by atoms with Crippen LogP contribution in [0.15, 0.2) is 48.9 Å². The van der Waals surface area contributed by atoms with Gasteiger partial charge in [-0.05, 0) is 0 Å². The molecule has 92 valence electrons. The van der Waals surface area contributed by atoms with Crippen LogP contribution in [-0.4, -0.2) is 10.8 Å². The molecule has 0 amide bonds. The van der Waals surface area contributed by atoms with Gasteiger partial charge in [-0.1, -0.05) is 44.2 Å². The van der Waals surface area contributed by atoms with Gasteiger partial charge in [-0.25, -0.2) is 0 Å². The average Bonchev–Trinajstić information content (AvgIpc) is 2.40. The van der Waals surface area contributed by atoms with Gasteiger partial charge in [0, 0.05) is 11.5 Å². The Hall–Kier alpha value is -2.03. The van der Waals surface area contributed by atoms with Crippen molar-refractivity contribution >= 4 is 5.78 Å². The van der Waals surface area contributed by atoms with Crippen LogP contribution in [0.25, 0.3) is 0 Å². The molecule has 1 aromatic heterocycles. The number of hydrogen-bond acceptors (Lipinski definition) is 2. The summed E-state index contributed by atoms with van der Waals surface area (Å²) < 4.78 is 1.97. The second-order valence-corrected chi connectivity index (χ2v) is 4.57. The highest BCUT2D eigenvalue weighted by Gasteiger charge is 2.18. The van der Waals surface area contributed by atoms with Crippen molar-refractivity contribution in [2.24, 2.45) is 0 Å². The summed E-state index contributed by atoms with van der Waals surface area (Å²) in [6.45, 7) is 4.56. The van der Waals surface area contributed by atoms with Crippen LogP contribution in [0.1, 0.15) is 35.8 Å². The molecule has 2 aromatic rings. The van der Waals surface area contributed by atoms with Crippen molar-refractivity contribution in [1.82, 2.24) is 4.98 Å². The Labute approximate surface area is 107 Å². The monoisotopic (exact) mass is 241 g/mol. The third-order valence-electron chi connectivity index (χ3n) is 2.87. The van der Waals surface area contributed by atoms with Gasteiger partial charge in [0.15, 0.2) is 6.20 Å². The van der Waals surface area contributed by atoms with Crippen LogP contribution in [0.2, 0.25) is 0 Å². The van der Waals surface area contributed by atoms with E-state index in [0.717, 1.165) is 11.3 Å².